The van der Waals surface area contributed by atoms with Gasteiger partial charge in [-0.25, -0.2) is 0 Å². The number of aliphatic imine (C=N–C) groups is 1. The number of hydrogen-bond acceptors (Lipinski definition) is 2. The van der Waals surface area contributed by atoms with E-state index in [1.165, 1.54) is 49.8 Å². The molecule has 0 bridgehead atoms. The van der Waals surface area contributed by atoms with Crippen molar-refractivity contribution in [1.82, 2.24) is 4.90 Å². The van der Waals surface area contributed by atoms with Gasteiger partial charge in [-0.15, -0.1) is 11.8 Å². The van der Waals surface area contributed by atoms with Gasteiger partial charge in [0.1, 0.15) is 0 Å². The van der Waals surface area contributed by atoms with Crippen LogP contribution >= 0.6 is 11.8 Å². The second-order valence-corrected chi connectivity index (χ2v) is 7.78. The second-order valence-electron chi connectivity index (χ2n) is 6.93. The molecule has 3 rings (SSSR count). The van der Waals surface area contributed by atoms with Crippen LogP contribution in [0.4, 0.5) is 0 Å². The van der Waals surface area contributed by atoms with E-state index in [4.69, 9.17) is 0 Å². The van der Waals surface area contributed by atoms with Crippen molar-refractivity contribution in [2.24, 2.45) is 16.3 Å². The number of nitrogens with zero attached hydrogens (tertiary/aromatic N) is 2. The molecule has 21 heavy (non-hydrogen) atoms. The molecule has 1 heterocycles. The summed E-state index contributed by atoms with van der Waals surface area (Å²) in [4.78, 5) is 8.34. The lowest BCUT2D eigenvalue weighted by Gasteiger charge is -2.37. The Balaban J connectivity index is 1.86. The van der Waals surface area contributed by atoms with Crippen LogP contribution in [0.3, 0.4) is 0 Å². The number of allylic oxidation sites excluding steroid dienone is 2. The van der Waals surface area contributed by atoms with Crippen molar-refractivity contribution in [3.05, 3.63) is 22.3 Å². The van der Waals surface area contributed by atoms with Gasteiger partial charge in [-0.3, -0.25) is 4.99 Å². The fraction of sp³-hybridized carbons (Fsp3) is 0.722. The molecule has 1 aliphatic heterocycles. The van der Waals surface area contributed by atoms with Gasteiger partial charge in [0.15, 0.2) is 0 Å². The van der Waals surface area contributed by atoms with E-state index >= 15 is 0 Å². The normalized spacial score (nSPS) is 31.1. The zero-order valence-corrected chi connectivity index (χ0v) is 14.7. The quantitative estimate of drug-likeness (QED) is 0.547. The van der Waals surface area contributed by atoms with E-state index in [1.807, 2.05) is 25.1 Å². The standard InChI is InChI=1S/C18H28N2S/c1-5-15-13(2)17(21-4)16(20(15)12-19-3)14-6-8-18(9-7-14)10-11-18/h5,12,14,16H,6-11H2,1-4H3/b15-5-,19-12?. The Bertz CT molecular complexity index is 489. The Morgan fingerprint density at radius 1 is 1.24 bits per heavy atom. The Hall–Kier alpha value is -0.700. The van der Waals surface area contributed by atoms with Gasteiger partial charge < -0.3 is 4.90 Å². The van der Waals surface area contributed by atoms with Crippen LogP contribution in [0.25, 0.3) is 0 Å². The number of thioether (sulfide) groups is 1. The highest BCUT2D eigenvalue weighted by Gasteiger charge is 2.48. The Labute approximate surface area is 133 Å². The van der Waals surface area contributed by atoms with E-state index in [0.29, 0.717) is 6.04 Å². The molecule has 1 unspecified atom stereocenters. The minimum absolute atomic E-state index is 0.533. The van der Waals surface area contributed by atoms with Crippen molar-refractivity contribution in [2.75, 3.05) is 13.3 Å². The zero-order valence-electron chi connectivity index (χ0n) is 13.9. The zero-order chi connectivity index (χ0) is 15.0. The van der Waals surface area contributed by atoms with Crippen molar-refractivity contribution in [1.29, 1.82) is 0 Å². The van der Waals surface area contributed by atoms with Crippen molar-refractivity contribution >= 4 is 18.1 Å². The molecule has 0 radical (unpaired) electrons. The molecule has 2 fully saturated rings. The lowest BCUT2D eigenvalue weighted by molar-refractivity contribution is 0.203. The minimum atomic E-state index is 0.533. The molecule has 0 aromatic heterocycles. The highest BCUT2D eigenvalue weighted by molar-refractivity contribution is 8.02. The fourth-order valence-electron chi connectivity index (χ4n) is 4.40. The smallest absolute Gasteiger partial charge is 0.0896 e. The molecular formula is C18H28N2S. The summed E-state index contributed by atoms with van der Waals surface area (Å²) in [6.45, 7) is 4.43. The Morgan fingerprint density at radius 3 is 2.38 bits per heavy atom. The van der Waals surface area contributed by atoms with Gasteiger partial charge in [0.2, 0.25) is 0 Å². The predicted octanol–water partition coefficient (Wildman–Crippen LogP) is 4.84. The van der Waals surface area contributed by atoms with Crippen LogP contribution in [0.5, 0.6) is 0 Å². The topological polar surface area (TPSA) is 15.6 Å². The summed E-state index contributed by atoms with van der Waals surface area (Å²) >= 11 is 1.94. The average Bonchev–Trinajstić information content (AvgIpc) is 3.19. The van der Waals surface area contributed by atoms with Gasteiger partial charge in [0, 0.05) is 17.6 Å². The second kappa shape index (κ2) is 5.83. The van der Waals surface area contributed by atoms with Crippen LogP contribution in [0.2, 0.25) is 0 Å². The maximum absolute atomic E-state index is 4.33. The third kappa shape index (κ3) is 2.58. The van der Waals surface area contributed by atoms with E-state index in [1.54, 1.807) is 4.91 Å². The first-order valence-electron chi connectivity index (χ1n) is 8.28. The summed E-state index contributed by atoms with van der Waals surface area (Å²) < 4.78 is 0. The highest BCUT2D eigenvalue weighted by Crippen LogP contribution is 2.58. The SMILES string of the molecule is C/C=C1/C(C)=C(SC)C(C2CCC3(CC2)CC3)N1C=NC. The minimum Gasteiger partial charge on any atom is -0.324 e. The van der Waals surface area contributed by atoms with Crippen LogP contribution in [0.15, 0.2) is 27.2 Å². The predicted molar refractivity (Wildman–Crippen MR) is 93.6 cm³/mol. The van der Waals surface area contributed by atoms with Gasteiger partial charge in [-0.2, -0.15) is 0 Å². The summed E-state index contributed by atoms with van der Waals surface area (Å²) in [6, 6.07) is 0.533. The molecule has 3 heteroatoms. The van der Waals surface area contributed by atoms with Crippen molar-refractivity contribution in [3.63, 3.8) is 0 Å². The maximum atomic E-state index is 4.33. The summed E-state index contributed by atoms with van der Waals surface area (Å²) in [5.41, 5.74) is 3.60. The largest absolute Gasteiger partial charge is 0.324 e. The number of hydrogen-bond donors (Lipinski definition) is 0. The summed E-state index contributed by atoms with van der Waals surface area (Å²) in [7, 11) is 1.89. The monoisotopic (exact) mass is 304 g/mol. The van der Waals surface area contributed by atoms with Crippen LogP contribution in [-0.4, -0.2) is 30.6 Å². The Kier molecular flexibility index (Phi) is 4.22. The first-order chi connectivity index (χ1) is 10.2. The van der Waals surface area contributed by atoms with Gasteiger partial charge in [0.25, 0.3) is 0 Å². The van der Waals surface area contributed by atoms with Crippen LogP contribution < -0.4 is 0 Å². The fourth-order valence-corrected chi connectivity index (χ4v) is 5.36. The summed E-state index contributed by atoms with van der Waals surface area (Å²) in [6.07, 6.45) is 15.2. The van der Waals surface area contributed by atoms with E-state index in [0.717, 1.165) is 11.3 Å². The lowest BCUT2D eigenvalue weighted by atomic mass is 9.76. The molecule has 1 atom stereocenters. The molecule has 0 aromatic carbocycles. The molecule has 2 saturated carbocycles. The van der Waals surface area contributed by atoms with E-state index in [2.05, 4.69) is 36.1 Å². The molecule has 116 valence electrons. The third-order valence-corrected chi connectivity index (χ3v) is 6.82. The van der Waals surface area contributed by atoms with Crippen LogP contribution in [0.1, 0.15) is 52.4 Å². The van der Waals surface area contributed by atoms with Crippen molar-refractivity contribution in [3.8, 4) is 0 Å². The molecule has 2 nitrogen and oxygen atoms in total. The Morgan fingerprint density at radius 2 is 1.90 bits per heavy atom. The molecule has 3 aliphatic rings. The summed E-state index contributed by atoms with van der Waals surface area (Å²) in [5, 5.41) is 0. The average molecular weight is 305 g/mol. The molecule has 0 amide bonds. The van der Waals surface area contributed by atoms with E-state index in [9.17, 15) is 0 Å². The van der Waals surface area contributed by atoms with Gasteiger partial charge >= 0.3 is 0 Å². The van der Waals surface area contributed by atoms with Gasteiger partial charge in [-0.05, 0) is 75.5 Å². The molecule has 1 spiro atoms. The van der Waals surface area contributed by atoms with Gasteiger partial charge in [-0.1, -0.05) is 6.08 Å². The van der Waals surface area contributed by atoms with Crippen molar-refractivity contribution in [2.45, 2.75) is 58.4 Å². The third-order valence-electron chi connectivity index (χ3n) is 5.83. The maximum Gasteiger partial charge on any atom is 0.0896 e. The van der Waals surface area contributed by atoms with Crippen molar-refractivity contribution < 1.29 is 0 Å². The van der Waals surface area contributed by atoms with Crippen LogP contribution in [0, 0.1) is 11.3 Å². The van der Waals surface area contributed by atoms with E-state index < -0.39 is 0 Å². The molecule has 2 aliphatic carbocycles. The first kappa shape index (κ1) is 15.2. The van der Waals surface area contributed by atoms with Crippen LogP contribution in [-0.2, 0) is 0 Å². The first-order valence-corrected chi connectivity index (χ1v) is 9.50. The number of rotatable bonds is 3. The molecule has 0 N–H and O–H groups in total. The van der Waals surface area contributed by atoms with E-state index in [-0.39, 0.29) is 0 Å². The van der Waals surface area contributed by atoms with Gasteiger partial charge in [0.05, 0.1) is 12.4 Å². The summed E-state index contributed by atoms with van der Waals surface area (Å²) in [5.74, 6) is 0.795. The lowest BCUT2D eigenvalue weighted by Crippen LogP contribution is -2.38. The highest BCUT2D eigenvalue weighted by atomic mass is 32.2. The molecule has 0 aromatic rings. The molecule has 0 saturated heterocycles. The molecular weight excluding hydrogens is 276 g/mol.